The van der Waals surface area contributed by atoms with Crippen molar-refractivity contribution in [1.82, 2.24) is 0 Å². The Labute approximate surface area is 75.5 Å². The van der Waals surface area contributed by atoms with E-state index in [1.165, 1.54) is 25.7 Å². The predicted octanol–water partition coefficient (Wildman–Crippen LogP) is 2.75. The summed E-state index contributed by atoms with van der Waals surface area (Å²) in [4.78, 5) is 0. The van der Waals surface area contributed by atoms with Crippen LogP contribution in [-0.2, 0) is 0 Å². The van der Waals surface area contributed by atoms with Gasteiger partial charge in [-0.25, -0.2) is 0 Å². The van der Waals surface area contributed by atoms with Gasteiger partial charge >= 0.3 is 0 Å². The molecule has 70 valence electrons. The smallest absolute Gasteiger partial charge is 0.0546 e. The van der Waals surface area contributed by atoms with Crippen LogP contribution in [0.3, 0.4) is 0 Å². The molecule has 1 aliphatic rings. The highest BCUT2D eigenvalue weighted by molar-refractivity contribution is 5.03. The SMILES string of the molecule is CCCCC=C[C@@H]1C[C@H]1[C@@H](C)O. The number of unbranched alkanes of at least 4 members (excludes halogenated alkanes) is 2. The minimum atomic E-state index is -0.106. The molecule has 0 bridgehead atoms. The lowest BCUT2D eigenvalue weighted by molar-refractivity contribution is 0.167. The van der Waals surface area contributed by atoms with E-state index in [4.69, 9.17) is 0 Å². The molecular formula is C11H20O. The lowest BCUT2D eigenvalue weighted by Gasteiger charge is -1.98. The van der Waals surface area contributed by atoms with Crippen LogP contribution in [0.4, 0.5) is 0 Å². The van der Waals surface area contributed by atoms with Crippen LogP contribution in [0.15, 0.2) is 12.2 Å². The molecule has 0 amide bonds. The van der Waals surface area contributed by atoms with Gasteiger partial charge in [0.15, 0.2) is 0 Å². The summed E-state index contributed by atoms with van der Waals surface area (Å²) in [6.07, 6.45) is 9.42. The molecule has 0 aromatic heterocycles. The van der Waals surface area contributed by atoms with E-state index in [1.807, 2.05) is 6.92 Å². The van der Waals surface area contributed by atoms with Crippen LogP contribution in [0, 0.1) is 11.8 Å². The largest absolute Gasteiger partial charge is 0.393 e. The molecule has 0 aromatic rings. The maximum absolute atomic E-state index is 9.23. The first-order valence-electron chi connectivity index (χ1n) is 5.10. The van der Waals surface area contributed by atoms with Gasteiger partial charge in [0, 0.05) is 0 Å². The zero-order valence-electron chi connectivity index (χ0n) is 8.16. The summed E-state index contributed by atoms with van der Waals surface area (Å²) in [6.45, 7) is 4.11. The fourth-order valence-corrected chi connectivity index (χ4v) is 1.60. The normalized spacial score (nSPS) is 30.9. The van der Waals surface area contributed by atoms with Crippen molar-refractivity contribution in [2.75, 3.05) is 0 Å². The lowest BCUT2D eigenvalue weighted by Crippen LogP contribution is -2.02. The fourth-order valence-electron chi connectivity index (χ4n) is 1.60. The van der Waals surface area contributed by atoms with Crippen molar-refractivity contribution < 1.29 is 5.11 Å². The van der Waals surface area contributed by atoms with E-state index < -0.39 is 0 Å². The maximum atomic E-state index is 9.23. The van der Waals surface area contributed by atoms with Crippen molar-refractivity contribution in [1.29, 1.82) is 0 Å². The number of aliphatic hydroxyl groups is 1. The molecule has 1 N–H and O–H groups in total. The maximum Gasteiger partial charge on any atom is 0.0546 e. The molecule has 1 saturated carbocycles. The van der Waals surface area contributed by atoms with Crippen LogP contribution < -0.4 is 0 Å². The second-order valence-corrected chi connectivity index (χ2v) is 3.87. The second-order valence-electron chi connectivity index (χ2n) is 3.87. The summed E-state index contributed by atoms with van der Waals surface area (Å²) < 4.78 is 0. The molecule has 0 heterocycles. The Balaban J connectivity index is 2.06. The van der Waals surface area contributed by atoms with Gasteiger partial charge < -0.3 is 5.11 Å². The summed E-state index contributed by atoms with van der Waals surface area (Å²) in [5, 5.41) is 9.23. The molecule has 1 nitrogen and oxygen atoms in total. The number of allylic oxidation sites excluding steroid dienone is 2. The van der Waals surface area contributed by atoms with E-state index in [0.717, 1.165) is 0 Å². The molecule has 0 saturated heterocycles. The van der Waals surface area contributed by atoms with Gasteiger partial charge in [0.05, 0.1) is 6.10 Å². The quantitative estimate of drug-likeness (QED) is 0.494. The number of hydrogen-bond donors (Lipinski definition) is 1. The van der Waals surface area contributed by atoms with E-state index >= 15 is 0 Å². The van der Waals surface area contributed by atoms with Crippen molar-refractivity contribution in [3.8, 4) is 0 Å². The second kappa shape index (κ2) is 4.66. The van der Waals surface area contributed by atoms with Crippen LogP contribution in [-0.4, -0.2) is 11.2 Å². The first-order chi connectivity index (χ1) is 5.75. The zero-order chi connectivity index (χ0) is 8.97. The molecular weight excluding hydrogens is 148 g/mol. The van der Waals surface area contributed by atoms with Crippen LogP contribution in [0.2, 0.25) is 0 Å². The van der Waals surface area contributed by atoms with Crippen molar-refractivity contribution >= 4 is 0 Å². The highest BCUT2D eigenvalue weighted by atomic mass is 16.3. The molecule has 1 aliphatic carbocycles. The van der Waals surface area contributed by atoms with E-state index in [2.05, 4.69) is 19.1 Å². The van der Waals surface area contributed by atoms with E-state index in [9.17, 15) is 5.11 Å². The Morgan fingerprint density at radius 3 is 2.83 bits per heavy atom. The summed E-state index contributed by atoms with van der Waals surface area (Å²) in [5.41, 5.74) is 0. The third-order valence-corrected chi connectivity index (χ3v) is 2.62. The van der Waals surface area contributed by atoms with Gasteiger partial charge in [-0.2, -0.15) is 0 Å². The Kier molecular flexibility index (Phi) is 3.80. The average Bonchev–Trinajstić information content (AvgIpc) is 2.77. The van der Waals surface area contributed by atoms with Crippen molar-refractivity contribution in [2.45, 2.75) is 45.6 Å². The van der Waals surface area contributed by atoms with Crippen LogP contribution in [0.25, 0.3) is 0 Å². The summed E-state index contributed by atoms with van der Waals surface area (Å²) in [7, 11) is 0. The molecule has 0 aromatic carbocycles. The Morgan fingerprint density at radius 2 is 2.33 bits per heavy atom. The molecule has 1 heteroatoms. The zero-order valence-corrected chi connectivity index (χ0v) is 8.16. The van der Waals surface area contributed by atoms with Gasteiger partial charge in [-0.15, -0.1) is 0 Å². The number of rotatable bonds is 5. The highest BCUT2D eigenvalue weighted by Gasteiger charge is 2.37. The van der Waals surface area contributed by atoms with Gasteiger partial charge in [0.25, 0.3) is 0 Å². The monoisotopic (exact) mass is 168 g/mol. The van der Waals surface area contributed by atoms with Crippen molar-refractivity contribution in [3.05, 3.63) is 12.2 Å². The molecule has 12 heavy (non-hydrogen) atoms. The van der Waals surface area contributed by atoms with Crippen LogP contribution in [0.1, 0.15) is 39.5 Å². The van der Waals surface area contributed by atoms with Gasteiger partial charge in [0.2, 0.25) is 0 Å². The minimum absolute atomic E-state index is 0.106. The third-order valence-electron chi connectivity index (χ3n) is 2.62. The fraction of sp³-hybridized carbons (Fsp3) is 0.818. The van der Waals surface area contributed by atoms with Gasteiger partial charge in [0.1, 0.15) is 0 Å². The molecule has 0 aliphatic heterocycles. The molecule has 0 unspecified atom stereocenters. The van der Waals surface area contributed by atoms with Gasteiger partial charge in [-0.1, -0.05) is 31.9 Å². The highest BCUT2D eigenvalue weighted by Crippen LogP contribution is 2.42. The van der Waals surface area contributed by atoms with Gasteiger partial charge in [-0.3, -0.25) is 0 Å². The van der Waals surface area contributed by atoms with E-state index in [0.29, 0.717) is 11.8 Å². The minimum Gasteiger partial charge on any atom is -0.393 e. The third kappa shape index (κ3) is 2.98. The lowest BCUT2D eigenvalue weighted by atomic mass is 10.2. The Bertz CT molecular complexity index is 149. The average molecular weight is 168 g/mol. The number of aliphatic hydroxyl groups excluding tert-OH is 1. The predicted molar refractivity (Wildman–Crippen MR) is 51.9 cm³/mol. The first kappa shape index (κ1) is 9.79. The molecule has 0 spiro atoms. The van der Waals surface area contributed by atoms with Crippen LogP contribution >= 0.6 is 0 Å². The molecule has 3 atom stereocenters. The van der Waals surface area contributed by atoms with Crippen LogP contribution in [0.5, 0.6) is 0 Å². The summed E-state index contributed by atoms with van der Waals surface area (Å²) in [5.74, 6) is 1.24. The Morgan fingerprint density at radius 1 is 1.58 bits per heavy atom. The van der Waals surface area contributed by atoms with E-state index in [-0.39, 0.29) is 6.10 Å². The molecule has 1 rings (SSSR count). The topological polar surface area (TPSA) is 20.2 Å². The Hall–Kier alpha value is -0.300. The van der Waals surface area contributed by atoms with Crippen molar-refractivity contribution in [3.63, 3.8) is 0 Å². The summed E-state index contributed by atoms with van der Waals surface area (Å²) >= 11 is 0. The standard InChI is InChI=1S/C11H20O/c1-3-4-5-6-7-10-8-11(10)9(2)12/h6-7,9-12H,3-5,8H2,1-2H3/t9-,10-,11+/m1/s1. The molecule has 1 fully saturated rings. The summed E-state index contributed by atoms with van der Waals surface area (Å²) in [6, 6.07) is 0. The number of hydrogen-bond acceptors (Lipinski definition) is 1. The van der Waals surface area contributed by atoms with Gasteiger partial charge in [-0.05, 0) is 31.6 Å². The van der Waals surface area contributed by atoms with Crippen molar-refractivity contribution in [2.24, 2.45) is 11.8 Å². The van der Waals surface area contributed by atoms with E-state index in [1.54, 1.807) is 0 Å². The molecule has 0 radical (unpaired) electrons. The first-order valence-corrected chi connectivity index (χ1v) is 5.10.